The van der Waals surface area contributed by atoms with Gasteiger partial charge < -0.3 is 0 Å². The van der Waals surface area contributed by atoms with Gasteiger partial charge in [0.1, 0.15) is 10.5 Å². The molecule has 0 aliphatic rings. The largest absolute Gasteiger partial charge is 0.222 e. The van der Waals surface area contributed by atoms with Crippen molar-refractivity contribution in [2.75, 3.05) is 4.66 Å². The van der Waals surface area contributed by atoms with Crippen LogP contribution >= 0.6 is 15.9 Å². The molecule has 0 radical (unpaired) electrons. The second-order valence-electron chi connectivity index (χ2n) is 3.08. The van der Waals surface area contributed by atoms with Gasteiger partial charge in [0, 0.05) is 11.6 Å². The molecule has 0 amide bonds. The van der Waals surface area contributed by atoms with Crippen molar-refractivity contribution < 1.29 is 12.8 Å². The van der Waals surface area contributed by atoms with Crippen molar-refractivity contribution in [2.24, 2.45) is 0 Å². The molecule has 6 heteroatoms. The molecular formula is C9H11BrFNO2S. The van der Waals surface area contributed by atoms with Crippen LogP contribution in [0.25, 0.3) is 0 Å². The van der Waals surface area contributed by atoms with Crippen LogP contribution in [0.15, 0.2) is 24.3 Å². The lowest BCUT2D eigenvalue weighted by molar-refractivity contribution is 0.553. The summed E-state index contributed by atoms with van der Waals surface area (Å²) in [4.78, 5) is 0. The van der Waals surface area contributed by atoms with E-state index in [1.54, 1.807) is 25.1 Å². The highest BCUT2D eigenvalue weighted by molar-refractivity contribution is 9.10. The van der Waals surface area contributed by atoms with Gasteiger partial charge in [-0.25, -0.2) is 17.5 Å². The predicted octanol–water partition coefficient (Wildman–Crippen LogP) is 2.16. The smallest absolute Gasteiger partial charge is 0.212 e. The minimum absolute atomic E-state index is 0.196. The van der Waals surface area contributed by atoms with Crippen LogP contribution in [-0.4, -0.2) is 13.1 Å². The number of alkyl halides is 1. The summed E-state index contributed by atoms with van der Waals surface area (Å²) < 4.78 is 37.9. The Morgan fingerprint density at radius 3 is 2.60 bits per heavy atom. The minimum atomic E-state index is -3.38. The van der Waals surface area contributed by atoms with Gasteiger partial charge in [0.2, 0.25) is 10.0 Å². The Bertz CT molecular complexity index is 435. The van der Waals surface area contributed by atoms with E-state index >= 15 is 0 Å². The van der Waals surface area contributed by atoms with E-state index in [9.17, 15) is 12.8 Å². The number of rotatable bonds is 4. The third-order valence-electron chi connectivity index (χ3n) is 1.87. The topological polar surface area (TPSA) is 46.2 Å². The fourth-order valence-corrected chi connectivity index (χ4v) is 2.32. The fraction of sp³-hybridized carbons (Fsp3) is 0.333. The van der Waals surface area contributed by atoms with Crippen LogP contribution in [0, 0.1) is 5.82 Å². The third kappa shape index (κ3) is 3.55. The number of sulfonamides is 1. The maximum Gasteiger partial charge on any atom is 0.222 e. The zero-order chi connectivity index (χ0) is 11.5. The molecule has 1 atom stereocenters. The van der Waals surface area contributed by atoms with Gasteiger partial charge in [-0.2, -0.15) is 0 Å². The average molecular weight is 296 g/mol. The van der Waals surface area contributed by atoms with Gasteiger partial charge in [-0.1, -0.05) is 34.1 Å². The van der Waals surface area contributed by atoms with Crippen LogP contribution in [0.3, 0.4) is 0 Å². The first-order chi connectivity index (χ1) is 6.96. The van der Waals surface area contributed by atoms with Gasteiger partial charge in [-0.3, -0.25) is 0 Å². The van der Waals surface area contributed by atoms with Crippen molar-refractivity contribution in [1.29, 1.82) is 0 Å². The first-order valence-corrected chi connectivity index (χ1v) is 7.04. The molecule has 84 valence electrons. The van der Waals surface area contributed by atoms with Crippen LogP contribution in [0.2, 0.25) is 0 Å². The van der Waals surface area contributed by atoms with E-state index < -0.39 is 21.9 Å². The summed E-state index contributed by atoms with van der Waals surface area (Å²) in [6.45, 7) is 1.60. The Hall–Kier alpha value is -0.460. The van der Waals surface area contributed by atoms with Crippen LogP contribution in [-0.2, 0) is 10.0 Å². The number of hydrogen-bond acceptors (Lipinski definition) is 2. The zero-order valence-corrected chi connectivity index (χ0v) is 10.5. The summed E-state index contributed by atoms with van der Waals surface area (Å²) in [7, 11) is -3.38. The molecule has 15 heavy (non-hydrogen) atoms. The molecule has 0 aliphatic heterocycles. The number of hydrogen-bond donors (Lipinski definition) is 1. The average Bonchev–Trinajstić information content (AvgIpc) is 2.17. The minimum Gasteiger partial charge on any atom is -0.212 e. The highest BCUT2D eigenvalue weighted by atomic mass is 79.9. The summed E-state index contributed by atoms with van der Waals surface area (Å²) in [5.41, 5.74) is 0.335. The summed E-state index contributed by atoms with van der Waals surface area (Å²) >= 11 is 2.85. The lowest BCUT2D eigenvalue weighted by Gasteiger charge is -2.13. The molecule has 3 nitrogen and oxygen atoms in total. The second kappa shape index (κ2) is 5.05. The molecule has 0 fully saturated rings. The summed E-state index contributed by atoms with van der Waals surface area (Å²) in [5, 5.41) is 0. The third-order valence-corrected chi connectivity index (χ3v) is 4.68. The maximum absolute atomic E-state index is 13.3. The Morgan fingerprint density at radius 2 is 2.07 bits per heavy atom. The fourth-order valence-electron chi connectivity index (χ4n) is 1.19. The van der Waals surface area contributed by atoms with Crippen LogP contribution in [0.4, 0.5) is 4.39 Å². The van der Waals surface area contributed by atoms with Gasteiger partial charge in [0.15, 0.2) is 0 Å². The lowest BCUT2D eigenvalue weighted by atomic mass is 10.1. The molecular weight excluding hydrogens is 285 g/mol. The van der Waals surface area contributed by atoms with Crippen molar-refractivity contribution in [2.45, 2.75) is 13.0 Å². The molecule has 0 aliphatic carbocycles. The summed E-state index contributed by atoms with van der Waals surface area (Å²) in [6, 6.07) is 5.50. The zero-order valence-electron chi connectivity index (χ0n) is 8.07. The van der Waals surface area contributed by atoms with Gasteiger partial charge in [0.05, 0.1) is 0 Å². The van der Waals surface area contributed by atoms with Crippen molar-refractivity contribution in [3.8, 4) is 0 Å². The number of halogens is 2. The summed E-state index contributed by atoms with van der Waals surface area (Å²) in [5.74, 6) is -0.415. The highest BCUT2D eigenvalue weighted by Gasteiger charge is 2.16. The standard InChI is InChI=1S/C9H11BrFNO2S/c1-7(12-15(13,14)6-10)8-4-2-3-5-9(8)11/h2-5,7,12H,6H2,1H3. The quantitative estimate of drug-likeness (QED) is 0.865. The SMILES string of the molecule is CC(NS(=O)(=O)CBr)c1ccccc1F. The van der Waals surface area contributed by atoms with Gasteiger partial charge in [-0.15, -0.1) is 0 Å². The molecule has 1 N–H and O–H groups in total. The molecule has 0 bridgehead atoms. The molecule has 0 aromatic heterocycles. The second-order valence-corrected chi connectivity index (χ2v) is 6.14. The predicted molar refractivity (Wildman–Crippen MR) is 60.7 cm³/mol. The van der Waals surface area contributed by atoms with Crippen LogP contribution in [0.5, 0.6) is 0 Å². The van der Waals surface area contributed by atoms with Crippen molar-refractivity contribution >= 4 is 26.0 Å². The number of benzene rings is 1. The maximum atomic E-state index is 13.3. The van der Waals surface area contributed by atoms with Gasteiger partial charge in [-0.05, 0) is 13.0 Å². The van der Waals surface area contributed by atoms with Gasteiger partial charge >= 0.3 is 0 Å². The van der Waals surface area contributed by atoms with E-state index in [1.807, 2.05) is 0 Å². The Kier molecular flexibility index (Phi) is 4.24. The van der Waals surface area contributed by atoms with Crippen molar-refractivity contribution in [3.63, 3.8) is 0 Å². The molecule has 1 aromatic rings. The monoisotopic (exact) mass is 295 g/mol. The van der Waals surface area contributed by atoms with Crippen molar-refractivity contribution in [3.05, 3.63) is 35.6 Å². The molecule has 1 rings (SSSR count). The molecule has 0 spiro atoms. The molecule has 0 heterocycles. The molecule has 0 saturated heterocycles. The molecule has 1 unspecified atom stereocenters. The van der Waals surface area contributed by atoms with Gasteiger partial charge in [0.25, 0.3) is 0 Å². The van der Waals surface area contributed by atoms with Crippen LogP contribution < -0.4 is 4.72 Å². The highest BCUT2D eigenvalue weighted by Crippen LogP contribution is 2.17. The van der Waals surface area contributed by atoms with E-state index in [4.69, 9.17) is 0 Å². The van der Waals surface area contributed by atoms with E-state index in [2.05, 4.69) is 20.7 Å². The normalized spacial score (nSPS) is 13.8. The summed E-state index contributed by atoms with van der Waals surface area (Å²) in [6.07, 6.45) is 0. The van der Waals surface area contributed by atoms with Crippen molar-refractivity contribution in [1.82, 2.24) is 4.72 Å². The Balaban J connectivity index is 2.87. The Labute approximate surface area is 96.9 Å². The molecule has 0 saturated carbocycles. The van der Waals surface area contributed by atoms with Crippen LogP contribution in [0.1, 0.15) is 18.5 Å². The van der Waals surface area contributed by atoms with E-state index in [-0.39, 0.29) is 4.66 Å². The first-order valence-electron chi connectivity index (χ1n) is 4.26. The Morgan fingerprint density at radius 1 is 1.47 bits per heavy atom. The lowest BCUT2D eigenvalue weighted by Crippen LogP contribution is -2.27. The van der Waals surface area contributed by atoms with E-state index in [0.717, 1.165) is 0 Å². The molecule has 1 aromatic carbocycles. The van der Waals surface area contributed by atoms with E-state index in [1.165, 1.54) is 6.07 Å². The number of nitrogens with one attached hydrogen (secondary N) is 1. The van der Waals surface area contributed by atoms with E-state index in [0.29, 0.717) is 5.56 Å². The first kappa shape index (κ1) is 12.6.